The predicted molar refractivity (Wildman–Crippen MR) is 57.9 cm³/mol. The molecule has 1 unspecified atom stereocenters. The molecule has 0 aromatic rings. The molecule has 0 saturated heterocycles. The van der Waals surface area contributed by atoms with Crippen molar-refractivity contribution in [3.8, 4) is 0 Å². The first-order valence-corrected chi connectivity index (χ1v) is 5.56. The number of rotatable bonds is 5. The van der Waals surface area contributed by atoms with E-state index in [2.05, 4.69) is 5.32 Å². The number of carbonyl (C=O) groups excluding carboxylic acids is 2. The fourth-order valence-electron chi connectivity index (χ4n) is 1.83. The van der Waals surface area contributed by atoms with Crippen molar-refractivity contribution >= 4 is 11.8 Å². The maximum Gasteiger partial charge on any atom is 0.243 e. The average molecular weight is 212 g/mol. The number of hydrogen-bond acceptors (Lipinski definition) is 2. The molecule has 1 aliphatic carbocycles. The van der Waals surface area contributed by atoms with E-state index in [1.807, 2.05) is 20.8 Å². The monoisotopic (exact) mass is 212 g/mol. The molecule has 2 amide bonds. The van der Waals surface area contributed by atoms with Crippen molar-refractivity contribution in [3.63, 3.8) is 0 Å². The third kappa shape index (κ3) is 2.30. The molecule has 0 aromatic carbocycles. The highest BCUT2D eigenvalue weighted by atomic mass is 16.2. The highest BCUT2D eigenvalue weighted by Gasteiger charge is 2.42. The Kier molecular flexibility index (Phi) is 3.37. The van der Waals surface area contributed by atoms with Crippen LogP contribution in [0, 0.1) is 11.8 Å². The first-order valence-electron chi connectivity index (χ1n) is 5.56. The van der Waals surface area contributed by atoms with Gasteiger partial charge in [-0.15, -0.1) is 0 Å². The quantitative estimate of drug-likeness (QED) is 0.707. The lowest BCUT2D eigenvalue weighted by Gasteiger charge is -2.34. The minimum absolute atomic E-state index is 0.0164. The molecule has 0 heterocycles. The zero-order valence-corrected chi connectivity index (χ0v) is 9.67. The van der Waals surface area contributed by atoms with E-state index in [1.54, 1.807) is 0 Å². The van der Waals surface area contributed by atoms with Gasteiger partial charge in [0, 0.05) is 5.92 Å². The van der Waals surface area contributed by atoms with Crippen LogP contribution >= 0.6 is 0 Å². The van der Waals surface area contributed by atoms with Gasteiger partial charge < -0.3 is 11.1 Å². The molecule has 0 aliphatic heterocycles. The lowest BCUT2D eigenvalue weighted by Crippen LogP contribution is -2.60. The van der Waals surface area contributed by atoms with Crippen LogP contribution in [0.4, 0.5) is 0 Å². The van der Waals surface area contributed by atoms with E-state index in [4.69, 9.17) is 5.73 Å². The summed E-state index contributed by atoms with van der Waals surface area (Å²) in [7, 11) is 0. The molecule has 1 saturated carbocycles. The second-order valence-corrected chi connectivity index (χ2v) is 4.61. The molecule has 4 nitrogen and oxygen atoms in total. The average Bonchev–Trinajstić information content (AvgIpc) is 2.95. The van der Waals surface area contributed by atoms with E-state index < -0.39 is 11.4 Å². The Labute approximate surface area is 90.6 Å². The van der Waals surface area contributed by atoms with E-state index in [1.165, 1.54) is 0 Å². The Bertz CT molecular complexity index is 272. The van der Waals surface area contributed by atoms with Crippen molar-refractivity contribution in [2.75, 3.05) is 0 Å². The summed E-state index contributed by atoms with van der Waals surface area (Å²) in [6.07, 6.45) is 2.41. The first kappa shape index (κ1) is 12.0. The second-order valence-electron chi connectivity index (χ2n) is 4.61. The van der Waals surface area contributed by atoms with Crippen molar-refractivity contribution in [3.05, 3.63) is 0 Å². The maximum atomic E-state index is 11.7. The Morgan fingerprint density at radius 1 is 1.47 bits per heavy atom. The van der Waals surface area contributed by atoms with Gasteiger partial charge in [0.2, 0.25) is 11.8 Å². The van der Waals surface area contributed by atoms with Gasteiger partial charge in [0.25, 0.3) is 0 Å². The summed E-state index contributed by atoms with van der Waals surface area (Å²) in [6, 6.07) is 0. The largest absolute Gasteiger partial charge is 0.368 e. The predicted octanol–water partition coefficient (Wildman–Crippen LogP) is 0.803. The number of carbonyl (C=O) groups is 2. The molecular formula is C11H20N2O2. The lowest BCUT2D eigenvalue weighted by atomic mass is 9.83. The summed E-state index contributed by atoms with van der Waals surface area (Å²) >= 11 is 0. The van der Waals surface area contributed by atoms with Crippen LogP contribution in [-0.4, -0.2) is 17.4 Å². The Morgan fingerprint density at radius 2 is 2.00 bits per heavy atom. The fraction of sp³-hybridized carbons (Fsp3) is 0.818. The molecule has 1 aliphatic rings. The number of nitrogens with two attached hydrogens (primary N) is 1. The Balaban J connectivity index is 2.78. The molecule has 3 N–H and O–H groups in total. The molecule has 0 aromatic heterocycles. The zero-order chi connectivity index (χ0) is 11.6. The minimum atomic E-state index is -0.875. The molecule has 15 heavy (non-hydrogen) atoms. The first-order chi connectivity index (χ1) is 6.94. The van der Waals surface area contributed by atoms with Crippen molar-refractivity contribution < 1.29 is 9.59 Å². The zero-order valence-electron chi connectivity index (χ0n) is 9.67. The molecule has 0 spiro atoms. The topological polar surface area (TPSA) is 72.2 Å². The van der Waals surface area contributed by atoms with Crippen LogP contribution in [-0.2, 0) is 9.59 Å². The van der Waals surface area contributed by atoms with Gasteiger partial charge >= 0.3 is 0 Å². The molecule has 86 valence electrons. The van der Waals surface area contributed by atoms with Crippen molar-refractivity contribution in [2.45, 2.75) is 45.6 Å². The number of hydrogen-bond donors (Lipinski definition) is 2. The van der Waals surface area contributed by atoms with E-state index in [-0.39, 0.29) is 17.7 Å². The molecule has 0 bridgehead atoms. The smallest absolute Gasteiger partial charge is 0.243 e. The van der Waals surface area contributed by atoms with E-state index in [0.29, 0.717) is 6.42 Å². The van der Waals surface area contributed by atoms with Crippen LogP contribution in [0.5, 0.6) is 0 Å². The van der Waals surface area contributed by atoms with Gasteiger partial charge in [-0.3, -0.25) is 9.59 Å². The van der Waals surface area contributed by atoms with E-state index in [0.717, 1.165) is 12.8 Å². The summed E-state index contributed by atoms with van der Waals surface area (Å²) < 4.78 is 0. The Morgan fingerprint density at radius 3 is 2.27 bits per heavy atom. The summed E-state index contributed by atoms with van der Waals surface area (Å²) in [6.45, 7) is 5.68. The van der Waals surface area contributed by atoms with Crippen molar-refractivity contribution in [1.29, 1.82) is 0 Å². The second kappa shape index (κ2) is 4.21. The van der Waals surface area contributed by atoms with Gasteiger partial charge in [-0.25, -0.2) is 0 Å². The lowest BCUT2D eigenvalue weighted by molar-refractivity contribution is -0.134. The van der Waals surface area contributed by atoms with Crippen LogP contribution in [0.25, 0.3) is 0 Å². The molecule has 1 atom stereocenters. The van der Waals surface area contributed by atoms with Crippen LogP contribution < -0.4 is 11.1 Å². The SMILES string of the molecule is CCC(NC(=O)C1CC1)(C(N)=O)C(C)C. The van der Waals surface area contributed by atoms with Crippen molar-refractivity contribution in [1.82, 2.24) is 5.32 Å². The van der Waals surface area contributed by atoms with Gasteiger partial charge in [-0.1, -0.05) is 20.8 Å². The summed E-state index contributed by atoms with van der Waals surface area (Å²) in [5, 5.41) is 2.83. The van der Waals surface area contributed by atoms with Crippen LogP contribution in [0.15, 0.2) is 0 Å². The standard InChI is InChI=1S/C11H20N2O2/c1-4-11(7(2)3,10(12)15)13-9(14)8-5-6-8/h7-8H,4-6H2,1-3H3,(H2,12,15)(H,13,14). The fourth-order valence-corrected chi connectivity index (χ4v) is 1.83. The van der Waals surface area contributed by atoms with Crippen LogP contribution in [0.3, 0.4) is 0 Å². The third-order valence-corrected chi connectivity index (χ3v) is 3.28. The van der Waals surface area contributed by atoms with Gasteiger partial charge in [0.1, 0.15) is 5.54 Å². The van der Waals surface area contributed by atoms with E-state index in [9.17, 15) is 9.59 Å². The van der Waals surface area contributed by atoms with Gasteiger partial charge in [0.05, 0.1) is 0 Å². The van der Waals surface area contributed by atoms with Crippen molar-refractivity contribution in [2.24, 2.45) is 17.6 Å². The number of primary amides is 1. The van der Waals surface area contributed by atoms with E-state index >= 15 is 0 Å². The summed E-state index contributed by atoms with van der Waals surface area (Å²) in [5.41, 5.74) is 4.52. The highest BCUT2D eigenvalue weighted by molar-refractivity contribution is 5.92. The minimum Gasteiger partial charge on any atom is -0.368 e. The van der Waals surface area contributed by atoms with Crippen LogP contribution in [0.2, 0.25) is 0 Å². The molecular weight excluding hydrogens is 192 g/mol. The normalized spacial score (nSPS) is 19.7. The summed E-state index contributed by atoms with van der Waals surface area (Å²) in [4.78, 5) is 23.1. The highest BCUT2D eigenvalue weighted by Crippen LogP contribution is 2.31. The Hall–Kier alpha value is -1.06. The van der Waals surface area contributed by atoms with Gasteiger partial charge in [0.15, 0.2) is 0 Å². The third-order valence-electron chi connectivity index (χ3n) is 3.28. The number of amides is 2. The maximum absolute atomic E-state index is 11.7. The number of nitrogens with one attached hydrogen (secondary N) is 1. The van der Waals surface area contributed by atoms with Crippen LogP contribution in [0.1, 0.15) is 40.0 Å². The molecule has 0 radical (unpaired) electrons. The van der Waals surface area contributed by atoms with Gasteiger partial charge in [-0.2, -0.15) is 0 Å². The molecule has 4 heteroatoms. The summed E-state index contributed by atoms with van der Waals surface area (Å²) in [5.74, 6) is -0.338. The van der Waals surface area contributed by atoms with Gasteiger partial charge in [-0.05, 0) is 25.2 Å². The molecule has 1 rings (SSSR count). The molecule has 1 fully saturated rings.